The SMILES string of the molecule is CC1=C(C)C2=C(CCC(C)(CCCC(C)CCCC(C)CCCC(C)C)O2)C(=O)C1=O. The van der Waals surface area contributed by atoms with Crippen LogP contribution in [0.15, 0.2) is 22.5 Å². The Balaban J connectivity index is 1.72. The van der Waals surface area contributed by atoms with Gasteiger partial charge in [-0.1, -0.05) is 72.6 Å². The summed E-state index contributed by atoms with van der Waals surface area (Å²) in [6, 6.07) is 0. The minimum Gasteiger partial charge on any atom is -0.487 e. The number of carbonyl (C=O) groups is 2. The van der Waals surface area contributed by atoms with E-state index in [-0.39, 0.29) is 17.2 Å². The van der Waals surface area contributed by atoms with Gasteiger partial charge in [-0.05, 0) is 69.8 Å². The average molecular weight is 431 g/mol. The molecule has 0 saturated carbocycles. The number of hydrogen-bond donors (Lipinski definition) is 0. The largest absolute Gasteiger partial charge is 0.487 e. The van der Waals surface area contributed by atoms with Crippen molar-refractivity contribution in [2.75, 3.05) is 0 Å². The topological polar surface area (TPSA) is 43.4 Å². The van der Waals surface area contributed by atoms with Crippen molar-refractivity contribution in [1.29, 1.82) is 0 Å². The highest BCUT2D eigenvalue weighted by Gasteiger charge is 2.40. The molecular formula is C28H46O3. The minimum absolute atomic E-state index is 0.230. The summed E-state index contributed by atoms with van der Waals surface area (Å²) in [4.78, 5) is 24.5. The van der Waals surface area contributed by atoms with E-state index in [1.807, 2.05) is 6.92 Å². The summed E-state index contributed by atoms with van der Waals surface area (Å²) in [5, 5.41) is 0. The molecule has 0 bridgehead atoms. The maximum absolute atomic E-state index is 12.3. The minimum atomic E-state index is -0.355. The van der Waals surface area contributed by atoms with Gasteiger partial charge in [-0.3, -0.25) is 9.59 Å². The summed E-state index contributed by atoms with van der Waals surface area (Å²) < 4.78 is 6.38. The lowest BCUT2D eigenvalue weighted by atomic mass is 9.81. The highest BCUT2D eigenvalue weighted by Crippen LogP contribution is 2.41. The van der Waals surface area contributed by atoms with Crippen LogP contribution in [0.5, 0.6) is 0 Å². The van der Waals surface area contributed by atoms with Crippen molar-refractivity contribution in [1.82, 2.24) is 0 Å². The summed E-state index contributed by atoms with van der Waals surface area (Å²) >= 11 is 0. The molecule has 0 saturated heterocycles. The van der Waals surface area contributed by atoms with Crippen LogP contribution in [0, 0.1) is 17.8 Å². The molecule has 0 amide bonds. The second-order valence-electron chi connectivity index (χ2n) is 11.1. The van der Waals surface area contributed by atoms with Gasteiger partial charge in [0.15, 0.2) is 0 Å². The zero-order chi connectivity index (χ0) is 23.2. The molecule has 0 aromatic heterocycles. The van der Waals surface area contributed by atoms with Gasteiger partial charge in [0, 0.05) is 11.1 Å². The summed E-state index contributed by atoms with van der Waals surface area (Å²) in [6.45, 7) is 15.2. The van der Waals surface area contributed by atoms with Gasteiger partial charge in [0.25, 0.3) is 0 Å². The van der Waals surface area contributed by atoms with Crippen LogP contribution < -0.4 is 0 Å². The van der Waals surface area contributed by atoms with Gasteiger partial charge in [0.2, 0.25) is 11.6 Å². The van der Waals surface area contributed by atoms with Crippen LogP contribution in [0.2, 0.25) is 0 Å². The van der Waals surface area contributed by atoms with E-state index in [1.165, 1.54) is 44.9 Å². The second kappa shape index (κ2) is 11.5. The first-order chi connectivity index (χ1) is 14.5. The Hall–Kier alpha value is -1.38. The zero-order valence-electron chi connectivity index (χ0n) is 21.2. The first kappa shape index (κ1) is 25.9. The fraction of sp³-hybridized carbons (Fsp3) is 0.786. The van der Waals surface area contributed by atoms with Crippen LogP contribution >= 0.6 is 0 Å². The molecule has 0 spiro atoms. The molecule has 0 aromatic carbocycles. The van der Waals surface area contributed by atoms with E-state index >= 15 is 0 Å². The molecule has 2 aliphatic rings. The molecule has 31 heavy (non-hydrogen) atoms. The highest BCUT2D eigenvalue weighted by molar-refractivity contribution is 6.50. The van der Waals surface area contributed by atoms with Crippen molar-refractivity contribution in [2.24, 2.45) is 17.8 Å². The van der Waals surface area contributed by atoms with Crippen LogP contribution in [0.4, 0.5) is 0 Å². The molecule has 0 N–H and O–H groups in total. The molecule has 0 aromatic rings. The summed E-state index contributed by atoms with van der Waals surface area (Å²) in [6.07, 6.45) is 13.0. The number of rotatable bonds is 12. The Kier molecular flexibility index (Phi) is 9.58. The van der Waals surface area contributed by atoms with Gasteiger partial charge >= 0.3 is 0 Å². The average Bonchev–Trinajstić information content (AvgIpc) is 2.70. The fourth-order valence-electron chi connectivity index (χ4n) is 5.01. The third-order valence-corrected chi connectivity index (χ3v) is 7.53. The number of ketones is 2. The van der Waals surface area contributed by atoms with Gasteiger partial charge < -0.3 is 4.74 Å². The van der Waals surface area contributed by atoms with Crippen LogP contribution in [0.25, 0.3) is 0 Å². The summed E-state index contributed by atoms with van der Waals surface area (Å²) in [7, 11) is 0. The smallest absolute Gasteiger partial charge is 0.232 e. The monoisotopic (exact) mass is 430 g/mol. The van der Waals surface area contributed by atoms with Gasteiger partial charge in [0.05, 0.1) is 0 Å². The van der Waals surface area contributed by atoms with Gasteiger partial charge in [-0.25, -0.2) is 0 Å². The number of carbonyl (C=O) groups excluding carboxylic acids is 2. The molecule has 3 nitrogen and oxygen atoms in total. The molecular weight excluding hydrogens is 384 g/mol. The van der Waals surface area contributed by atoms with Crippen LogP contribution in [-0.4, -0.2) is 17.2 Å². The van der Waals surface area contributed by atoms with Gasteiger partial charge in [-0.15, -0.1) is 0 Å². The molecule has 0 radical (unpaired) electrons. The van der Waals surface area contributed by atoms with Crippen LogP contribution in [0.1, 0.15) is 119 Å². The molecule has 176 valence electrons. The Labute approximate surface area is 191 Å². The third kappa shape index (κ3) is 7.32. The Bertz CT molecular complexity index is 712. The van der Waals surface area contributed by atoms with Crippen molar-refractivity contribution in [3.63, 3.8) is 0 Å². The van der Waals surface area contributed by atoms with E-state index in [4.69, 9.17) is 4.74 Å². The Morgan fingerprint density at radius 2 is 1.35 bits per heavy atom. The molecule has 1 aliphatic heterocycles. The van der Waals surface area contributed by atoms with E-state index in [2.05, 4.69) is 34.6 Å². The lowest BCUT2D eigenvalue weighted by Gasteiger charge is -2.39. The maximum atomic E-state index is 12.3. The van der Waals surface area contributed by atoms with Crippen molar-refractivity contribution >= 4 is 11.6 Å². The first-order valence-corrected chi connectivity index (χ1v) is 12.7. The first-order valence-electron chi connectivity index (χ1n) is 12.7. The molecule has 1 heterocycles. The summed E-state index contributed by atoms with van der Waals surface area (Å²) in [5.41, 5.74) is 1.76. The van der Waals surface area contributed by atoms with Crippen LogP contribution in [0.3, 0.4) is 0 Å². The normalized spacial score (nSPS) is 23.9. The number of ether oxygens (including phenoxy) is 1. The number of allylic oxidation sites excluding steroid dienone is 3. The number of Topliss-reactive ketones (excluding diaryl/α,β-unsaturated/α-hetero) is 2. The van der Waals surface area contributed by atoms with Crippen LogP contribution in [-0.2, 0) is 14.3 Å². The second-order valence-corrected chi connectivity index (χ2v) is 11.1. The van der Waals surface area contributed by atoms with Crippen molar-refractivity contribution in [3.8, 4) is 0 Å². The quantitative estimate of drug-likeness (QED) is 0.235. The lowest BCUT2D eigenvalue weighted by Crippen LogP contribution is -2.37. The van der Waals surface area contributed by atoms with E-state index < -0.39 is 0 Å². The molecule has 2 rings (SSSR count). The zero-order valence-corrected chi connectivity index (χ0v) is 21.2. The Morgan fingerprint density at radius 1 is 0.806 bits per heavy atom. The van der Waals surface area contributed by atoms with E-state index in [0.717, 1.165) is 42.6 Å². The maximum Gasteiger partial charge on any atom is 0.232 e. The molecule has 0 fully saturated rings. The third-order valence-electron chi connectivity index (χ3n) is 7.53. The molecule has 3 heteroatoms. The number of hydrogen-bond acceptors (Lipinski definition) is 3. The van der Waals surface area contributed by atoms with Crippen molar-refractivity contribution < 1.29 is 14.3 Å². The molecule has 3 unspecified atom stereocenters. The van der Waals surface area contributed by atoms with E-state index in [1.54, 1.807) is 6.92 Å². The predicted octanol–water partition coefficient (Wildman–Crippen LogP) is 7.74. The lowest BCUT2D eigenvalue weighted by molar-refractivity contribution is -0.133. The Morgan fingerprint density at radius 3 is 1.94 bits per heavy atom. The van der Waals surface area contributed by atoms with E-state index in [0.29, 0.717) is 23.3 Å². The predicted molar refractivity (Wildman–Crippen MR) is 129 cm³/mol. The van der Waals surface area contributed by atoms with E-state index in [9.17, 15) is 9.59 Å². The highest BCUT2D eigenvalue weighted by atomic mass is 16.5. The molecule has 3 atom stereocenters. The standard InChI is InChI=1S/C28H46O3/c1-19(2)11-8-12-20(3)13-9-14-21(4)15-10-17-28(7)18-16-24-26(30)25(29)22(5)23(6)27(24)31-28/h19-21H,8-18H2,1-7H3. The molecule has 1 aliphatic carbocycles. The van der Waals surface area contributed by atoms with Crippen molar-refractivity contribution in [3.05, 3.63) is 22.5 Å². The van der Waals surface area contributed by atoms with Gasteiger partial charge in [-0.2, -0.15) is 0 Å². The van der Waals surface area contributed by atoms with Gasteiger partial charge in [0.1, 0.15) is 11.4 Å². The fourth-order valence-corrected chi connectivity index (χ4v) is 5.01. The van der Waals surface area contributed by atoms with Crippen molar-refractivity contribution in [2.45, 2.75) is 125 Å². The summed E-state index contributed by atoms with van der Waals surface area (Å²) in [5.74, 6) is 2.42.